The molecule has 1 heterocycles. The second-order valence-electron chi connectivity index (χ2n) is 5.34. The third-order valence-electron chi connectivity index (χ3n) is 3.88. The second kappa shape index (κ2) is 5.88. The molecule has 1 aromatic rings. The van der Waals surface area contributed by atoms with E-state index in [1.807, 2.05) is 6.07 Å². The van der Waals surface area contributed by atoms with Crippen LogP contribution in [0.1, 0.15) is 31.7 Å². The zero-order valence-electron chi connectivity index (χ0n) is 12.1. The van der Waals surface area contributed by atoms with Crippen LogP contribution in [-0.2, 0) is 6.42 Å². The molecule has 0 unspecified atom stereocenters. The Kier molecular flexibility index (Phi) is 3.79. The fraction of sp³-hybridized carbons (Fsp3) is 0.278. The summed E-state index contributed by atoms with van der Waals surface area (Å²) in [4.78, 5) is 0. The largest absolute Gasteiger partial charge is 0.191 e. The molecule has 104 valence electrons. The minimum absolute atomic E-state index is 0.446. The first kappa shape index (κ1) is 13.5. The Morgan fingerprint density at radius 3 is 2.67 bits per heavy atom. The van der Waals surface area contributed by atoms with Gasteiger partial charge >= 0.3 is 0 Å². The maximum atomic E-state index is 9.14. The van der Waals surface area contributed by atoms with Gasteiger partial charge in [0.1, 0.15) is 6.07 Å². The average Bonchev–Trinajstić information content (AvgIpc) is 3.06. The van der Waals surface area contributed by atoms with Gasteiger partial charge in [0.25, 0.3) is 0 Å². The normalized spacial score (nSPS) is 16.3. The molecule has 3 rings (SSSR count). The van der Waals surface area contributed by atoms with Crippen LogP contribution in [0.25, 0.3) is 0 Å². The molecule has 1 aliphatic heterocycles. The van der Waals surface area contributed by atoms with E-state index in [9.17, 15) is 0 Å². The molecule has 0 N–H and O–H groups in total. The zero-order chi connectivity index (χ0) is 14.7. The van der Waals surface area contributed by atoms with Gasteiger partial charge in [-0.05, 0) is 42.0 Å². The monoisotopic (exact) mass is 275 g/mol. The van der Waals surface area contributed by atoms with Crippen LogP contribution in [0.4, 0.5) is 0 Å². The van der Waals surface area contributed by atoms with Crippen LogP contribution in [0, 0.1) is 11.3 Å². The second-order valence-corrected chi connectivity index (χ2v) is 5.34. The Labute approximate surface area is 125 Å². The highest BCUT2D eigenvalue weighted by atomic mass is 15.2. The van der Waals surface area contributed by atoms with E-state index in [0.29, 0.717) is 5.71 Å². The van der Waals surface area contributed by atoms with Crippen LogP contribution in [0.3, 0.4) is 0 Å². The first-order chi connectivity index (χ1) is 10.3. The van der Waals surface area contributed by atoms with E-state index in [0.717, 1.165) is 37.0 Å². The first-order valence-corrected chi connectivity index (χ1v) is 7.38. The van der Waals surface area contributed by atoms with Crippen LogP contribution in [0.2, 0.25) is 0 Å². The van der Waals surface area contributed by atoms with Crippen molar-refractivity contribution in [3.8, 4) is 6.07 Å². The number of hydrogen-bond acceptors (Lipinski definition) is 3. The molecule has 1 aromatic carbocycles. The van der Waals surface area contributed by atoms with E-state index in [-0.39, 0.29) is 0 Å². The van der Waals surface area contributed by atoms with Gasteiger partial charge in [0.05, 0.1) is 5.71 Å². The zero-order valence-corrected chi connectivity index (χ0v) is 12.1. The third-order valence-corrected chi connectivity index (χ3v) is 3.88. The lowest BCUT2D eigenvalue weighted by Gasteiger charge is -2.08. The molecule has 2 aliphatic rings. The lowest BCUT2D eigenvalue weighted by Crippen LogP contribution is -2.07. The lowest BCUT2D eigenvalue weighted by atomic mass is 9.96. The summed E-state index contributed by atoms with van der Waals surface area (Å²) in [6.07, 6.45) is 6.33. The molecule has 1 aliphatic carbocycles. The van der Waals surface area contributed by atoms with Crippen molar-refractivity contribution in [2.75, 3.05) is 0 Å². The van der Waals surface area contributed by atoms with E-state index in [1.165, 1.54) is 16.7 Å². The van der Waals surface area contributed by atoms with E-state index in [1.54, 1.807) is 0 Å². The number of rotatable bonds is 5. The summed E-state index contributed by atoms with van der Waals surface area (Å²) in [7, 11) is 0. The molecule has 0 aromatic heterocycles. The molecule has 0 spiro atoms. The number of nitriles is 1. The van der Waals surface area contributed by atoms with Crippen molar-refractivity contribution in [3.05, 3.63) is 58.7 Å². The van der Waals surface area contributed by atoms with Gasteiger partial charge in [0, 0.05) is 5.57 Å². The van der Waals surface area contributed by atoms with Gasteiger partial charge < -0.3 is 0 Å². The van der Waals surface area contributed by atoms with E-state index >= 15 is 0 Å². The SMILES string of the molecule is CCCCC1=C(Cc2ccccc2)C2=NN=C(C#N)C2=C1. The van der Waals surface area contributed by atoms with Crippen molar-refractivity contribution in [2.24, 2.45) is 10.2 Å². The minimum atomic E-state index is 0.446. The highest BCUT2D eigenvalue weighted by Gasteiger charge is 2.30. The Morgan fingerprint density at radius 2 is 1.95 bits per heavy atom. The van der Waals surface area contributed by atoms with Crippen molar-refractivity contribution < 1.29 is 0 Å². The van der Waals surface area contributed by atoms with Crippen molar-refractivity contribution in [1.29, 1.82) is 5.26 Å². The van der Waals surface area contributed by atoms with Crippen LogP contribution in [-0.4, -0.2) is 11.4 Å². The molecule has 0 fully saturated rings. The number of benzene rings is 1. The summed E-state index contributed by atoms with van der Waals surface area (Å²) in [5, 5.41) is 17.4. The van der Waals surface area contributed by atoms with Gasteiger partial charge in [-0.25, -0.2) is 0 Å². The van der Waals surface area contributed by atoms with Gasteiger partial charge in [-0.15, -0.1) is 10.2 Å². The number of nitrogens with zero attached hydrogens (tertiary/aromatic N) is 3. The third kappa shape index (κ3) is 2.57. The molecule has 3 nitrogen and oxygen atoms in total. The molecular weight excluding hydrogens is 258 g/mol. The van der Waals surface area contributed by atoms with E-state index < -0.39 is 0 Å². The standard InChI is InChI=1S/C18H17N3/c1-2-3-9-14-11-16-17(12-19)20-21-18(16)15(14)10-13-7-5-4-6-8-13/h4-8,11H,2-3,9-10H2,1H3. The van der Waals surface area contributed by atoms with Gasteiger partial charge in [0.2, 0.25) is 0 Å². The maximum absolute atomic E-state index is 9.14. The smallest absolute Gasteiger partial charge is 0.172 e. The van der Waals surface area contributed by atoms with Gasteiger partial charge in [0.15, 0.2) is 5.71 Å². The lowest BCUT2D eigenvalue weighted by molar-refractivity contribution is 0.794. The first-order valence-electron chi connectivity index (χ1n) is 7.38. The predicted octanol–water partition coefficient (Wildman–Crippen LogP) is 3.99. The van der Waals surface area contributed by atoms with Crippen LogP contribution < -0.4 is 0 Å². The van der Waals surface area contributed by atoms with Gasteiger partial charge in [-0.1, -0.05) is 43.7 Å². The fourth-order valence-electron chi connectivity index (χ4n) is 2.76. The molecule has 21 heavy (non-hydrogen) atoms. The van der Waals surface area contributed by atoms with Crippen molar-refractivity contribution in [3.63, 3.8) is 0 Å². The summed E-state index contributed by atoms with van der Waals surface area (Å²) in [6.45, 7) is 2.19. The summed E-state index contributed by atoms with van der Waals surface area (Å²) in [5.74, 6) is 0. The number of fused-ring (bicyclic) bond motifs is 1. The van der Waals surface area contributed by atoms with Crippen LogP contribution in [0.15, 0.2) is 63.3 Å². The highest BCUT2D eigenvalue weighted by molar-refractivity contribution is 6.38. The Bertz CT molecular complexity index is 713. The molecule has 0 saturated heterocycles. The quantitative estimate of drug-likeness (QED) is 0.801. The van der Waals surface area contributed by atoms with Crippen LogP contribution in [0.5, 0.6) is 0 Å². The Hall–Kier alpha value is -2.47. The Balaban J connectivity index is 1.91. The minimum Gasteiger partial charge on any atom is -0.191 e. The molecule has 0 saturated carbocycles. The molecule has 0 amide bonds. The molecule has 0 bridgehead atoms. The molecule has 3 heteroatoms. The summed E-state index contributed by atoms with van der Waals surface area (Å²) in [6, 6.07) is 12.5. The number of allylic oxidation sites excluding steroid dienone is 4. The van der Waals surface area contributed by atoms with E-state index in [2.05, 4.69) is 53.5 Å². The molecular formula is C18H17N3. The average molecular weight is 275 g/mol. The highest BCUT2D eigenvalue weighted by Crippen LogP contribution is 2.32. The number of unbranched alkanes of at least 4 members (excludes halogenated alkanes) is 1. The summed E-state index contributed by atoms with van der Waals surface area (Å²) < 4.78 is 0. The number of hydrogen-bond donors (Lipinski definition) is 0. The molecule has 0 atom stereocenters. The van der Waals surface area contributed by atoms with Gasteiger partial charge in [-0.3, -0.25) is 0 Å². The Morgan fingerprint density at radius 1 is 1.14 bits per heavy atom. The maximum Gasteiger partial charge on any atom is 0.172 e. The van der Waals surface area contributed by atoms with Gasteiger partial charge in [-0.2, -0.15) is 5.26 Å². The fourth-order valence-corrected chi connectivity index (χ4v) is 2.76. The van der Waals surface area contributed by atoms with E-state index in [4.69, 9.17) is 5.26 Å². The van der Waals surface area contributed by atoms with Crippen molar-refractivity contribution in [1.82, 2.24) is 0 Å². The van der Waals surface area contributed by atoms with Crippen molar-refractivity contribution in [2.45, 2.75) is 32.6 Å². The summed E-state index contributed by atoms with van der Waals surface area (Å²) >= 11 is 0. The predicted molar refractivity (Wildman–Crippen MR) is 85.3 cm³/mol. The molecule has 0 radical (unpaired) electrons. The topological polar surface area (TPSA) is 48.5 Å². The van der Waals surface area contributed by atoms with Crippen LogP contribution >= 0.6 is 0 Å². The summed E-state index contributed by atoms with van der Waals surface area (Å²) in [5.41, 5.74) is 6.08. The van der Waals surface area contributed by atoms with Crippen molar-refractivity contribution >= 4 is 11.4 Å².